The maximum Gasteiger partial charge on any atom is 1.00 e. The summed E-state index contributed by atoms with van der Waals surface area (Å²) in [5, 5.41) is 34.5. The van der Waals surface area contributed by atoms with Gasteiger partial charge < -0.3 is 24.2 Å². The van der Waals surface area contributed by atoms with E-state index in [0.29, 0.717) is 28.6 Å². The Morgan fingerprint density at radius 2 is 1.54 bits per heavy atom. The van der Waals surface area contributed by atoms with E-state index in [0.717, 1.165) is 6.07 Å². The number of hydrogen-bond acceptors (Lipinski definition) is 11. The second kappa shape index (κ2) is 13.4. The molecule has 1 atom stereocenters. The summed E-state index contributed by atoms with van der Waals surface area (Å²) >= 11 is 0. The molecule has 178 valence electrons. The number of hydrogen-bond donors (Lipinski definition) is 2. The van der Waals surface area contributed by atoms with Gasteiger partial charge in [0.05, 0.1) is 35.7 Å². The van der Waals surface area contributed by atoms with Crippen LogP contribution in [-0.2, 0) is 10.1 Å². The van der Waals surface area contributed by atoms with Gasteiger partial charge in [0.25, 0.3) is 0 Å². The molecule has 3 rings (SSSR count). The van der Waals surface area contributed by atoms with Crippen LogP contribution in [0.25, 0.3) is 0 Å². The van der Waals surface area contributed by atoms with Crippen LogP contribution >= 0.6 is 0 Å². The molecule has 3 aromatic rings. The standard InChI is InChI=1S/C22H22N4O7S.Na/c1-32-22-12-17(25-24-16-3-2-4-20(11-16)34(29,30)31)7-10-21(22)26-23-15-5-8-19(9-6-15)33-14-18(28)13-27;/h2-12,18,27-28H,13-14H2,1H3,(H,29,30,31);/q;+1/p-1. The summed E-state index contributed by atoms with van der Waals surface area (Å²) in [7, 11) is -3.12. The van der Waals surface area contributed by atoms with E-state index >= 15 is 0 Å². The molecule has 0 radical (unpaired) electrons. The zero-order chi connectivity index (χ0) is 24.6. The van der Waals surface area contributed by atoms with Gasteiger partial charge in [-0.2, -0.15) is 15.3 Å². The molecule has 2 N–H and O–H groups in total. The SMILES string of the molecule is COc1cc(N=Nc2cccc(S(=O)(=O)[O-])c2)ccc1N=Nc1ccc(OCC(O)CO)cc1.[Na+]. The van der Waals surface area contributed by atoms with Crippen LogP contribution in [0.15, 0.2) is 92.1 Å². The van der Waals surface area contributed by atoms with Crippen molar-refractivity contribution in [2.45, 2.75) is 11.0 Å². The van der Waals surface area contributed by atoms with Crippen LogP contribution in [0.4, 0.5) is 22.7 Å². The fraction of sp³-hybridized carbons (Fsp3) is 0.182. The number of ether oxygens (including phenoxy) is 2. The van der Waals surface area contributed by atoms with Crippen LogP contribution in [0.5, 0.6) is 11.5 Å². The Morgan fingerprint density at radius 3 is 2.17 bits per heavy atom. The predicted molar refractivity (Wildman–Crippen MR) is 121 cm³/mol. The molecule has 3 aromatic carbocycles. The van der Waals surface area contributed by atoms with Gasteiger partial charge in [-0.15, -0.1) is 5.11 Å². The van der Waals surface area contributed by atoms with E-state index in [1.807, 2.05) is 0 Å². The van der Waals surface area contributed by atoms with Crippen LogP contribution in [0.2, 0.25) is 0 Å². The molecule has 13 heteroatoms. The maximum absolute atomic E-state index is 11.1. The minimum absolute atomic E-state index is 0. The second-order valence-corrected chi connectivity index (χ2v) is 8.23. The summed E-state index contributed by atoms with van der Waals surface area (Å²) in [6, 6.07) is 16.7. The Hall–Kier alpha value is -2.71. The van der Waals surface area contributed by atoms with Gasteiger partial charge in [-0.3, -0.25) is 0 Å². The average Bonchev–Trinajstić information content (AvgIpc) is 2.85. The number of benzene rings is 3. The monoisotopic (exact) mass is 508 g/mol. The van der Waals surface area contributed by atoms with E-state index in [-0.39, 0.29) is 53.4 Å². The Morgan fingerprint density at radius 1 is 0.914 bits per heavy atom. The summed E-state index contributed by atoms with van der Waals surface area (Å²) in [5.41, 5.74) is 1.61. The van der Waals surface area contributed by atoms with E-state index in [1.165, 1.54) is 25.3 Å². The smallest absolute Gasteiger partial charge is 0.744 e. The molecule has 0 aliphatic rings. The first-order valence-electron chi connectivity index (χ1n) is 9.88. The van der Waals surface area contributed by atoms with Crippen molar-refractivity contribution in [2.24, 2.45) is 20.5 Å². The number of azo groups is 2. The molecule has 11 nitrogen and oxygen atoms in total. The molecule has 0 saturated carbocycles. The van der Waals surface area contributed by atoms with Crippen molar-refractivity contribution >= 4 is 32.9 Å². The third kappa shape index (κ3) is 8.78. The van der Waals surface area contributed by atoms with Crippen LogP contribution in [-0.4, -0.2) is 49.6 Å². The van der Waals surface area contributed by atoms with Gasteiger partial charge in [-0.25, -0.2) is 8.42 Å². The molecule has 0 saturated heterocycles. The van der Waals surface area contributed by atoms with Crippen molar-refractivity contribution in [3.05, 3.63) is 66.7 Å². The van der Waals surface area contributed by atoms with Gasteiger partial charge in [0.2, 0.25) is 0 Å². The maximum atomic E-state index is 11.1. The molecular weight excluding hydrogens is 487 g/mol. The van der Waals surface area contributed by atoms with Crippen LogP contribution in [0, 0.1) is 0 Å². The minimum atomic E-state index is -4.58. The zero-order valence-corrected chi connectivity index (χ0v) is 21.8. The molecule has 1 unspecified atom stereocenters. The summed E-state index contributed by atoms with van der Waals surface area (Å²) in [6.45, 7) is -0.408. The molecule has 0 amide bonds. The molecule has 35 heavy (non-hydrogen) atoms. The van der Waals surface area contributed by atoms with E-state index < -0.39 is 16.2 Å². The van der Waals surface area contributed by atoms with Gasteiger partial charge in [0.15, 0.2) is 0 Å². The molecule has 0 aromatic heterocycles. The summed E-state index contributed by atoms with van der Waals surface area (Å²) in [4.78, 5) is -0.389. The molecular formula is C22H21N4NaO7S. The third-order valence-corrected chi connectivity index (χ3v) is 5.14. The van der Waals surface area contributed by atoms with E-state index in [1.54, 1.807) is 42.5 Å². The van der Waals surface area contributed by atoms with Gasteiger partial charge >= 0.3 is 29.6 Å². The summed E-state index contributed by atoms with van der Waals surface area (Å²) in [5.74, 6) is 0.895. The number of rotatable bonds is 10. The first-order chi connectivity index (χ1) is 16.3. The van der Waals surface area contributed by atoms with Crippen LogP contribution < -0.4 is 39.0 Å². The number of aliphatic hydroxyl groups is 2. The van der Waals surface area contributed by atoms with Gasteiger partial charge in [0, 0.05) is 6.07 Å². The molecule has 0 bridgehead atoms. The van der Waals surface area contributed by atoms with Crippen molar-refractivity contribution in [2.75, 3.05) is 20.3 Å². The van der Waals surface area contributed by atoms with E-state index in [9.17, 15) is 18.1 Å². The third-order valence-electron chi connectivity index (χ3n) is 4.31. The number of nitrogens with zero attached hydrogens (tertiary/aromatic N) is 4. The van der Waals surface area contributed by atoms with Crippen molar-refractivity contribution in [3.63, 3.8) is 0 Å². The largest absolute Gasteiger partial charge is 1.00 e. The first kappa shape index (κ1) is 28.5. The number of methoxy groups -OCH3 is 1. The molecule has 0 aliphatic carbocycles. The summed E-state index contributed by atoms with van der Waals surface area (Å²) in [6.07, 6.45) is -0.950. The average molecular weight is 508 g/mol. The Balaban J connectivity index is 0.00000432. The molecule has 0 aliphatic heterocycles. The number of aliphatic hydroxyl groups excluding tert-OH is 2. The van der Waals surface area contributed by atoms with Crippen molar-refractivity contribution < 1.29 is 62.2 Å². The normalized spacial score (nSPS) is 12.5. The first-order valence-corrected chi connectivity index (χ1v) is 11.3. The minimum Gasteiger partial charge on any atom is -0.744 e. The summed E-state index contributed by atoms with van der Waals surface area (Å²) < 4.78 is 44.1. The van der Waals surface area contributed by atoms with Gasteiger partial charge in [-0.1, -0.05) is 6.07 Å². The van der Waals surface area contributed by atoms with Crippen molar-refractivity contribution in [1.29, 1.82) is 0 Å². The zero-order valence-electron chi connectivity index (χ0n) is 19.0. The molecule has 0 heterocycles. The topological polar surface area (TPSA) is 166 Å². The molecule has 0 spiro atoms. The van der Waals surface area contributed by atoms with Crippen molar-refractivity contribution in [3.8, 4) is 11.5 Å². The van der Waals surface area contributed by atoms with Gasteiger partial charge in [-0.05, 0) is 54.6 Å². The van der Waals surface area contributed by atoms with Crippen molar-refractivity contribution in [1.82, 2.24) is 0 Å². The Labute approximate surface area is 224 Å². The van der Waals surface area contributed by atoms with Crippen LogP contribution in [0.3, 0.4) is 0 Å². The molecule has 0 fully saturated rings. The second-order valence-electron chi connectivity index (χ2n) is 6.85. The Kier molecular flexibility index (Phi) is 10.9. The van der Waals surface area contributed by atoms with Gasteiger partial charge in [0.1, 0.15) is 40.0 Å². The van der Waals surface area contributed by atoms with Crippen LogP contribution in [0.1, 0.15) is 0 Å². The predicted octanol–water partition coefficient (Wildman–Crippen LogP) is 1.17. The fourth-order valence-corrected chi connectivity index (χ4v) is 3.10. The fourth-order valence-electron chi connectivity index (χ4n) is 2.59. The Bertz CT molecular complexity index is 1290. The van der Waals surface area contributed by atoms with E-state index in [4.69, 9.17) is 14.6 Å². The van der Waals surface area contributed by atoms with E-state index in [2.05, 4.69) is 20.5 Å². The quantitative estimate of drug-likeness (QED) is 0.236.